The van der Waals surface area contributed by atoms with Crippen molar-refractivity contribution in [2.24, 2.45) is 10.8 Å². The van der Waals surface area contributed by atoms with Gasteiger partial charge in [0.15, 0.2) is 11.6 Å². The van der Waals surface area contributed by atoms with Crippen LogP contribution >= 0.6 is 0 Å². The molecule has 1 aromatic rings. The molecule has 0 radical (unpaired) electrons. The Morgan fingerprint density at radius 2 is 1.17 bits per heavy atom. The number of hydrogen-bond donors (Lipinski definition) is 0. The standard InChI is InChI=1S/C32H44O2.C2H6/c1-22(2)16-18-31(6,7)21-24(4)17-19-32(8,9)20-23(3)14-15-26-25(5)29(33)27-12-10-11-13-28(27)30(26)34;1-2/h10-14,16-17H,15,18-21H2,1-9H3;1-2H3/b23-14+,24-17+;. The Hall–Kier alpha value is -2.48. The predicted molar refractivity (Wildman–Crippen MR) is 157 cm³/mol. The largest absolute Gasteiger partial charge is 0.289 e. The molecule has 1 aliphatic rings. The van der Waals surface area contributed by atoms with Gasteiger partial charge in [-0.1, -0.05) is 101 Å². The molecule has 2 rings (SSSR count). The lowest BCUT2D eigenvalue weighted by Gasteiger charge is -2.26. The maximum Gasteiger partial charge on any atom is 0.190 e. The number of rotatable bonds is 10. The molecule has 0 spiro atoms. The van der Waals surface area contributed by atoms with Crippen LogP contribution in [0.4, 0.5) is 0 Å². The van der Waals surface area contributed by atoms with Crippen LogP contribution in [0.25, 0.3) is 0 Å². The van der Waals surface area contributed by atoms with Crippen LogP contribution in [0.15, 0.2) is 70.4 Å². The Morgan fingerprint density at radius 1 is 0.722 bits per heavy atom. The molecular formula is C34H50O2. The molecule has 0 aliphatic heterocycles. The van der Waals surface area contributed by atoms with E-state index in [1.165, 1.54) is 16.7 Å². The molecule has 1 aromatic carbocycles. The summed E-state index contributed by atoms with van der Waals surface area (Å²) in [7, 11) is 0. The highest BCUT2D eigenvalue weighted by atomic mass is 16.1. The third kappa shape index (κ3) is 9.52. The summed E-state index contributed by atoms with van der Waals surface area (Å²) < 4.78 is 0. The fraction of sp³-hybridized carbons (Fsp3) is 0.529. The van der Waals surface area contributed by atoms with E-state index in [1.54, 1.807) is 19.1 Å². The zero-order valence-corrected chi connectivity index (χ0v) is 24.9. The lowest BCUT2D eigenvalue weighted by atomic mass is 9.79. The van der Waals surface area contributed by atoms with Gasteiger partial charge in [-0.15, -0.1) is 0 Å². The van der Waals surface area contributed by atoms with E-state index in [1.807, 2.05) is 26.0 Å². The van der Waals surface area contributed by atoms with Crippen LogP contribution < -0.4 is 0 Å². The molecule has 36 heavy (non-hydrogen) atoms. The Labute approximate surface area is 221 Å². The van der Waals surface area contributed by atoms with E-state index in [2.05, 4.69) is 73.6 Å². The number of carbonyl (C=O) groups excluding carboxylic acids is 2. The first-order chi connectivity index (χ1) is 16.7. The summed E-state index contributed by atoms with van der Waals surface area (Å²) in [6, 6.07) is 7.15. The number of fused-ring (bicyclic) bond motifs is 1. The minimum absolute atomic E-state index is 0.00899. The molecule has 0 aromatic heterocycles. The highest BCUT2D eigenvalue weighted by Crippen LogP contribution is 2.34. The maximum atomic E-state index is 13.0. The lowest BCUT2D eigenvalue weighted by molar-refractivity contribution is 0.0973. The summed E-state index contributed by atoms with van der Waals surface area (Å²) >= 11 is 0. The lowest BCUT2D eigenvalue weighted by Crippen LogP contribution is -2.20. The Kier molecular flexibility index (Phi) is 12.0. The highest BCUT2D eigenvalue weighted by molar-refractivity contribution is 6.26. The van der Waals surface area contributed by atoms with Crippen LogP contribution in [0, 0.1) is 10.8 Å². The average Bonchev–Trinajstić information content (AvgIpc) is 2.81. The first kappa shape index (κ1) is 31.5. The van der Waals surface area contributed by atoms with Crippen LogP contribution in [-0.2, 0) is 0 Å². The van der Waals surface area contributed by atoms with E-state index in [9.17, 15) is 9.59 Å². The number of carbonyl (C=O) groups is 2. The average molecular weight is 491 g/mol. The van der Waals surface area contributed by atoms with Gasteiger partial charge in [0.25, 0.3) is 0 Å². The molecule has 0 saturated carbocycles. The van der Waals surface area contributed by atoms with Crippen molar-refractivity contribution < 1.29 is 9.59 Å². The van der Waals surface area contributed by atoms with Crippen LogP contribution in [0.5, 0.6) is 0 Å². The van der Waals surface area contributed by atoms with Crippen molar-refractivity contribution in [2.75, 3.05) is 0 Å². The second-order valence-corrected chi connectivity index (χ2v) is 12.0. The summed E-state index contributed by atoms with van der Waals surface area (Å²) in [4.78, 5) is 25.7. The molecule has 0 atom stereocenters. The van der Waals surface area contributed by atoms with Gasteiger partial charge in [-0.25, -0.2) is 0 Å². The SMILES string of the molecule is CC.CC(C)=CCC(C)(C)C/C(C)=C/CC(C)(C)C/C(C)=C/CC1=C(C)C(=O)c2ccccc2C1=O. The molecule has 198 valence electrons. The Morgan fingerprint density at radius 3 is 1.67 bits per heavy atom. The number of Topliss-reactive ketones (excluding diaryl/α,β-unsaturated/α-hetero) is 2. The smallest absolute Gasteiger partial charge is 0.190 e. The van der Waals surface area contributed by atoms with Crippen molar-refractivity contribution in [2.45, 2.75) is 108 Å². The zero-order valence-electron chi connectivity index (χ0n) is 24.9. The second kappa shape index (κ2) is 13.7. The molecule has 0 saturated heterocycles. The molecule has 0 fully saturated rings. The summed E-state index contributed by atoms with van der Waals surface area (Å²) in [5, 5.41) is 0. The van der Waals surface area contributed by atoms with E-state index in [0.717, 1.165) is 25.7 Å². The minimum atomic E-state index is -0.0234. The third-order valence-corrected chi connectivity index (χ3v) is 6.72. The Balaban J connectivity index is 0.00000316. The molecule has 0 heterocycles. The number of hydrogen-bond acceptors (Lipinski definition) is 2. The quantitative estimate of drug-likeness (QED) is 0.306. The van der Waals surface area contributed by atoms with Crippen molar-refractivity contribution in [3.63, 3.8) is 0 Å². The molecular weight excluding hydrogens is 440 g/mol. The molecule has 2 heteroatoms. The number of allylic oxidation sites excluding steroid dienone is 8. The van der Waals surface area contributed by atoms with Gasteiger partial charge in [-0.2, -0.15) is 0 Å². The van der Waals surface area contributed by atoms with E-state index in [-0.39, 0.29) is 22.4 Å². The van der Waals surface area contributed by atoms with Crippen LogP contribution in [0.2, 0.25) is 0 Å². The summed E-state index contributed by atoms with van der Waals surface area (Å²) in [6.07, 6.45) is 11.6. The summed E-state index contributed by atoms with van der Waals surface area (Å²) in [5.74, 6) is -0.0324. The highest BCUT2D eigenvalue weighted by Gasteiger charge is 2.29. The molecule has 0 unspecified atom stereocenters. The molecule has 0 amide bonds. The molecule has 2 nitrogen and oxygen atoms in total. The van der Waals surface area contributed by atoms with E-state index in [4.69, 9.17) is 0 Å². The van der Waals surface area contributed by atoms with Crippen molar-refractivity contribution in [3.8, 4) is 0 Å². The van der Waals surface area contributed by atoms with Crippen molar-refractivity contribution in [1.82, 2.24) is 0 Å². The van der Waals surface area contributed by atoms with Crippen LogP contribution in [-0.4, -0.2) is 11.6 Å². The van der Waals surface area contributed by atoms with Gasteiger partial charge in [0, 0.05) is 22.3 Å². The molecule has 0 bridgehead atoms. The first-order valence-electron chi connectivity index (χ1n) is 13.6. The van der Waals surface area contributed by atoms with Gasteiger partial charge in [0.1, 0.15) is 0 Å². The van der Waals surface area contributed by atoms with Gasteiger partial charge < -0.3 is 0 Å². The monoisotopic (exact) mass is 490 g/mol. The van der Waals surface area contributed by atoms with Crippen LogP contribution in [0.3, 0.4) is 0 Å². The number of benzene rings is 1. The van der Waals surface area contributed by atoms with Crippen molar-refractivity contribution >= 4 is 11.6 Å². The van der Waals surface area contributed by atoms with Crippen molar-refractivity contribution in [1.29, 1.82) is 0 Å². The van der Waals surface area contributed by atoms with E-state index in [0.29, 0.717) is 28.7 Å². The summed E-state index contributed by atoms with van der Waals surface area (Å²) in [6.45, 7) is 23.8. The van der Waals surface area contributed by atoms with Gasteiger partial charge >= 0.3 is 0 Å². The van der Waals surface area contributed by atoms with Crippen molar-refractivity contribution in [3.05, 3.63) is 81.5 Å². The topological polar surface area (TPSA) is 34.1 Å². The fourth-order valence-corrected chi connectivity index (χ4v) is 4.80. The number of ketones is 2. The second-order valence-electron chi connectivity index (χ2n) is 12.0. The third-order valence-electron chi connectivity index (χ3n) is 6.72. The zero-order chi connectivity index (χ0) is 27.7. The van der Waals surface area contributed by atoms with E-state index < -0.39 is 0 Å². The fourth-order valence-electron chi connectivity index (χ4n) is 4.80. The van der Waals surface area contributed by atoms with Gasteiger partial charge in [-0.05, 0) is 77.6 Å². The van der Waals surface area contributed by atoms with Crippen LogP contribution in [0.1, 0.15) is 129 Å². The van der Waals surface area contributed by atoms with Gasteiger partial charge in [-0.3, -0.25) is 9.59 Å². The normalized spacial score (nSPS) is 14.9. The summed E-state index contributed by atoms with van der Waals surface area (Å²) in [5.41, 5.74) is 6.78. The van der Waals surface area contributed by atoms with E-state index >= 15 is 0 Å². The minimum Gasteiger partial charge on any atom is -0.289 e. The predicted octanol–water partition coefficient (Wildman–Crippen LogP) is 10.3. The Bertz CT molecular complexity index is 1050. The maximum absolute atomic E-state index is 13.0. The molecule has 1 aliphatic carbocycles. The molecule has 0 N–H and O–H groups in total. The van der Waals surface area contributed by atoms with Gasteiger partial charge in [0.2, 0.25) is 0 Å². The van der Waals surface area contributed by atoms with Gasteiger partial charge in [0.05, 0.1) is 0 Å². The first-order valence-corrected chi connectivity index (χ1v) is 13.6.